The van der Waals surface area contributed by atoms with Crippen molar-refractivity contribution in [3.05, 3.63) is 57.5 Å². The Labute approximate surface area is 109 Å². The molecule has 0 bridgehead atoms. The summed E-state index contributed by atoms with van der Waals surface area (Å²) in [7, 11) is 0. The first-order chi connectivity index (χ1) is 7.66. The van der Waals surface area contributed by atoms with E-state index >= 15 is 0 Å². The van der Waals surface area contributed by atoms with Crippen LogP contribution in [-0.4, -0.2) is 0 Å². The second-order valence-electron chi connectivity index (χ2n) is 3.03. The first-order valence-corrected chi connectivity index (χ1v) is 5.59. The quantitative estimate of drug-likeness (QED) is 0.726. The Bertz CT molecular complexity index is 494. The smallest absolute Gasteiger partial charge is 0.147 e. The molecule has 0 heterocycles. The summed E-state index contributed by atoms with van der Waals surface area (Å²) in [6.07, 6.45) is 0. The van der Waals surface area contributed by atoms with Gasteiger partial charge in [0.1, 0.15) is 16.5 Å². The van der Waals surface area contributed by atoms with Crippen molar-refractivity contribution in [1.82, 2.24) is 0 Å². The SMILES string of the molecule is Clc1ccc(Oc2cc[c]c(Cl)c2Cl)cc1. The van der Waals surface area contributed by atoms with Gasteiger partial charge in [-0.05, 0) is 36.4 Å². The van der Waals surface area contributed by atoms with Gasteiger partial charge in [0.15, 0.2) is 0 Å². The summed E-state index contributed by atoms with van der Waals surface area (Å²) < 4.78 is 5.55. The molecule has 81 valence electrons. The molecule has 0 amide bonds. The van der Waals surface area contributed by atoms with Gasteiger partial charge in [0.2, 0.25) is 0 Å². The van der Waals surface area contributed by atoms with E-state index in [1.54, 1.807) is 36.4 Å². The van der Waals surface area contributed by atoms with Gasteiger partial charge in [-0.3, -0.25) is 0 Å². The van der Waals surface area contributed by atoms with E-state index in [0.717, 1.165) is 0 Å². The maximum absolute atomic E-state index is 5.96. The number of hydrogen-bond acceptors (Lipinski definition) is 1. The normalized spacial score (nSPS) is 10.2. The first kappa shape index (κ1) is 11.6. The van der Waals surface area contributed by atoms with Crippen molar-refractivity contribution in [3.63, 3.8) is 0 Å². The van der Waals surface area contributed by atoms with E-state index in [1.807, 2.05) is 0 Å². The Balaban J connectivity index is 2.27. The molecule has 2 aromatic rings. The van der Waals surface area contributed by atoms with Crippen LogP contribution in [-0.2, 0) is 0 Å². The molecule has 0 aliphatic rings. The molecule has 2 aromatic carbocycles. The molecule has 0 unspecified atom stereocenters. The molecule has 0 atom stereocenters. The van der Waals surface area contributed by atoms with E-state index in [0.29, 0.717) is 26.6 Å². The second kappa shape index (κ2) is 4.96. The number of rotatable bonds is 2. The second-order valence-corrected chi connectivity index (χ2v) is 4.22. The van der Waals surface area contributed by atoms with Crippen molar-refractivity contribution in [2.24, 2.45) is 0 Å². The van der Waals surface area contributed by atoms with Gasteiger partial charge in [-0.2, -0.15) is 0 Å². The zero-order valence-electron chi connectivity index (χ0n) is 8.01. The molecular weight excluding hydrogens is 266 g/mol. The average molecular weight is 273 g/mol. The van der Waals surface area contributed by atoms with Crippen LogP contribution in [0.3, 0.4) is 0 Å². The molecule has 0 N–H and O–H groups in total. The fraction of sp³-hybridized carbons (Fsp3) is 0. The Morgan fingerprint density at radius 3 is 2.31 bits per heavy atom. The zero-order valence-corrected chi connectivity index (χ0v) is 10.3. The fourth-order valence-corrected chi connectivity index (χ4v) is 1.58. The Kier molecular flexibility index (Phi) is 3.59. The van der Waals surface area contributed by atoms with Crippen LogP contribution < -0.4 is 4.74 Å². The minimum absolute atomic E-state index is 0.341. The lowest BCUT2D eigenvalue weighted by molar-refractivity contribution is 0.483. The monoisotopic (exact) mass is 271 g/mol. The summed E-state index contributed by atoms with van der Waals surface area (Å²) in [5, 5.41) is 1.34. The third-order valence-electron chi connectivity index (χ3n) is 1.90. The highest BCUT2D eigenvalue weighted by molar-refractivity contribution is 6.42. The summed E-state index contributed by atoms with van der Waals surface area (Å²) in [6, 6.07) is 13.1. The van der Waals surface area contributed by atoms with E-state index < -0.39 is 0 Å². The van der Waals surface area contributed by atoms with Crippen LogP contribution in [0.5, 0.6) is 11.5 Å². The molecule has 1 nitrogen and oxygen atoms in total. The Hall–Kier alpha value is -0.890. The van der Waals surface area contributed by atoms with Crippen LogP contribution in [0.2, 0.25) is 15.1 Å². The summed E-state index contributed by atoms with van der Waals surface area (Å²) >= 11 is 17.5. The molecule has 0 saturated heterocycles. The van der Waals surface area contributed by atoms with E-state index in [9.17, 15) is 0 Å². The third-order valence-corrected chi connectivity index (χ3v) is 2.92. The van der Waals surface area contributed by atoms with Gasteiger partial charge >= 0.3 is 0 Å². The van der Waals surface area contributed by atoms with Crippen LogP contribution in [0, 0.1) is 6.07 Å². The van der Waals surface area contributed by atoms with E-state index in [2.05, 4.69) is 6.07 Å². The molecule has 16 heavy (non-hydrogen) atoms. The van der Waals surface area contributed by atoms with Crippen molar-refractivity contribution in [1.29, 1.82) is 0 Å². The van der Waals surface area contributed by atoms with Gasteiger partial charge in [-0.1, -0.05) is 34.8 Å². The predicted molar refractivity (Wildman–Crippen MR) is 66.8 cm³/mol. The lowest BCUT2D eigenvalue weighted by Gasteiger charge is -2.07. The summed E-state index contributed by atoms with van der Waals surface area (Å²) in [5.41, 5.74) is 0. The lowest BCUT2D eigenvalue weighted by Crippen LogP contribution is -1.85. The van der Waals surface area contributed by atoms with Crippen LogP contribution >= 0.6 is 34.8 Å². The minimum Gasteiger partial charge on any atom is -0.456 e. The molecule has 0 spiro atoms. The van der Waals surface area contributed by atoms with E-state index in [-0.39, 0.29) is 0 Å². The Morgan fingerprint density at radius 1 is 0.938 bits per heavy atom. The third kappa shape index (κ3) is 2.62. The average Bonchev–Trinajstić information content (AvgIpc) is 2.28. The minimum atomic E-state index is 0.341. The molecule has 0 saturated carbocycles. The van der Waals surface area contributed by atoms with Gasteiger partial charge in [0, 0.05) is 11.1 Å². The maximum atomic E-state index is 5.96. The number of ether oxygens (including phenoxy) is 1. The van der Waals surface area contributed by atoms with Gasteiger partial charge in [0.25, 0.3) is 0 Å². The molecule has 0 aliphatic heterocycles. The molecule has 0 aromatic heterocycles. The van der Waals surface area contributed by atoms with Crippen LogP contribution in [0.25, 0.3) is 0 Å². The maximum Gasteiger partial charge on any atom is 0.147 e. The molecule has 1 radical (unpaired) electrons. The molecule has 4 heteroatoms. The van der Waals surface area contributed by atoms with Crippen LogP contribution in [0.4, 0.5) is 0 Å². The van der Waals surface area contributed by atoms with Crippen molar-refractivity contribution >= 4 is 34.8 Å². The van der Waals surface area contributed by atoms with Crippen LogP contribution in [0.15, 0.2) is 36.4 Å². The summed E-state index contributed by atoms with van der Waals surface area (Å²) in [6.45, 7) is 0. The predicted octanol–water partition coefficient (Wildman–Crippen LogP) is 5.24. The Morgan fingerprint density at radius 2 is 1.62 bits per heavy atom. The fourth-order valence-electron chi connectivity index (χ4n) is 1.14. The summed E-state index contributed by atoms with van der Waals surface area (Å²) in [4.78, 5) is 0. The zero-order chi connectivity index (χ0) is 11.5. The van der Waals surface area contributed by atoms with E-state index in [4.69, 9.17) is 39.5 Å². The largest absolute Gasteiger partial charge is 0.456 e. The van der Waals surface area contributed by atoms with Gasteiger partial charge in [0.05, 0.1) is 5.02 Å². The highest BCUT2D eigenvalue weighted by Gasteiger charge is 2.06. The standard InChI is InChI=1S/C12H6Cl3O/c13-8-4-6-9(7-5-8)16-11-3-1-2-10(14)12(11)15/h1,3-7H. The van der Waals surface area contributed by atoms with Gasteiger partial charge < -0.3 is 4.74 Å². The van der Waals surface area contributed by atoms with Crippen molar-refractivity contribution < 1.29 is 4.74 Å². The highest BCUT2D eigenvalue weighted by Crippen LogP contribution is 2.34. The lowest BCUT2D eigenvalue weighted by atomic mass is 10.3. The van der Waals surface area contributed by atoms with Crippen molar-refractivity contribution in [2.45, 2.75) is 0 Å². The molecule has 0 aliphatic carbocycles. The number of benzene rings is 2. The molecule has 0 fully saturated rings. The highest BCUT2D eigenvalue weighted by atomic mass is 35.5. The molecule has 2 rings (SSSR count). The number of halogens is 3. The van der Waals surface area contributed by atoms with Gasteiger partial charge in [-0.25, -0.2) is 0 Å². The van der Waals surface area contributed by atoms with E-state index in [1.165, 1.54) is 0 Å². The van der Waals surface area contributed by atoms with Crippen molar-refractivity contribution in [2.75, 3.05) is 0 Å². The van der Waals surface area contributed by atoms with Crippen molar-refractivity contribution in [3.8, 4) is 11.5 Å². The summed E-state index contributed by atoms with van der Waals surface area (Å²) in [5.74, 6) is 1.14. The van der Waals surface area contributed by atoms with Gasteiger partial charge in [-0.15, -0.1) is 0 Å². The first-order valence-electron chi connectivity index (χ1n) is 4.46. The topological polar surface area (TPSA) is 9.23 Å². The number of hydrogen-bond donors (Lipinski definition) is 0. The van der Waals surface area contributed by atoms with Crippen LogP contribution in [0.1, 0.15) is 0 Å². The molecular formula is C12H6Cl3O.